The third-order valence-electron chi connectivity index (χ3n) is 2.45. The zero-order valence-electron chi connectivity index (χ0n) is 10.5. The molecule has 0 bridgehead atoms. The number of esters is 1. The third kappa shape index (κ3) is 7.81. The standard InChI is InChI=1S/C12H22N2O4/c1-2-3-4-8-18-12(17)10(14)7-5-6-9(13)11(15)16/h2,9-10H,1,3-8,13-14H2,(H,15,16)/t9-,10?/m0/s1. The molecule has 18 heavy (non-hydrogen) atoms. The van der Waals surface area contributed by atoms with Crippen molar-refractivity contribution in [2.75, 3.05) is 6.61 Å². The van der Waals surface area contributed by atoms with E-state index in [-0.39, 0.29) is 0 Å². The Morgan fingerprint density at radius 2 is 1.83 bits per heavy atom. The van der Waals surface area contributed by atoms with E-state index in [1.807, 2.05) is 0 Å². The average Bonchev–Trinajstić information content (AvgIpc) is 2.33. The van der Waals surface area contributed by atoms with Crippen LogP contribution in [0.2, 0.25) is 0 Å². The second kappa shape index (κ2) is 9.61. The molecule has 0 aromatic heterocycles. The minimum absolute atomic E-state index is 0.298. The van der Waals surface area contributed by atoms with Crippen LogP contribution in [0.15, 0.2) is 12.7 Å². The van der Waals surface area contributed by atoms with E-state index in [1.54, 1.807) is 6.08 Å². The molecule has 104 valence electrons. The first-order chi connectivity index (χ1) is 8.49. The maximum atomic E-state index is 11.4. The van der Waals surface area contributed by atoms with Gasteiger partial charge in [0.15, 0.2) is 0 Å². The highest BCUT2D eigenvalue weighted by molar-refractivity contribution is 5.75. The molecule has 0 saturated heterocycles. The molecule has 5 N–H and O–H groups in total. The van der Waals surface area contributed by atoms with Crippen LogP contribution in [0.3, 0.4) is 0 Å². The number of carboxylic acid groups (broad SMARTS) is 1. The molecule has 0 aromatic carbocycles. The lowest BCUT2D eigenvalue weighted by Gasteiger charge is -2.12. The molecule has 0 rings (SSSR count). The van der Waals surface area contributed by atoms with Crippen molar-refractivity contribution in [1.29, 1.82) is 0 Å². The molecule has 0 aromatic rings. The van der Waals surface area contributed by atoms with Crippen LogP contribution in [0.1, 0.15) is 32.1 Å². The molecular weight excluding hydrogens is 236 g/mol. The summed E-state index contributed by atoms with van der Waals surface area (Å²) >= 11 is 0. The van der Waals surface area contributed by atoms with Crippen molar-refractivity contribution in [3.05, 3.63) is 12.7 Å². The van der Waals surface area contributed by atoms with Crippen LogP contribution < -0.4 is 11.5 Å². The second-order valence-electron chi connectivity index (χ2n) is 4.08. The van der Waals surface area contributed by atoms with Gasteiger partial charge in [-0.25, -0.2) is 0 Å². The van der Waals surface area contributed by atoms with E-state index in [9.17, 15) is 9.59 Å². The molecule has 0 saturated carbocycles. The van der Waals surface area contributed by atoms with Crippen molar-refractivity contribution in [3.63, 3.8) is 0 Å². The normalized spacial score (nSPS) is 13.7. The van der Waals surface area contributed by atoms with Crippen LogP contribution in [0.4, 0.5) is 0 Å². The molecule has 0 heterocycles. The molecule has 0 amide bonds. The Morgan fingerprint density at radius 3 is 2.39 bits per heavy atom. The monoisotopic (exact) mass is 258 g/mol. The van der Waals surface area contributed by atoms with Crippen LogP contribution >= 0.6 is 0 Å². The van der Waals surface area contributed by atoms with Gasteiger partial charge in [0.05, 0.1) is 6.61 Å². The fraction of sp³-hybridized carbons (Fsp3) is 0.667. The highest BCUT2D eigenvalue weighted by atomic mass is 16.5. The molecule has 6 nitrogen and oxygen atoms in total. The Hall–Kier alpha value is -1.40. The number of allylic oxidation sites excluding steroid dienone is 1. The Kier molecular flexibility index (Phi) is 8.86. The summed E-state index contributed by atoms with van der Waals surface area (Å²) in [5, 5.41) is 8.57. The molecule has 2 atom stereocenters. The fourth-order valence-electron chi connectivity index (χ4n) is 1.31. The average molecular weight is 258 g/mol. The molecule has 1 unspecified atom stereocenters. The minimum atomic E-state index is -1.05. The van der Waals surface area contributed by atoms with Gasteiger partial charge in [0.1, 0.15) is 12.1 Å². The summed E-state index contributed by atoms with van der Waals surface area (Å²) in [4.78, 5) is 21.9. The number of hydrogen-bond donors (Lipinski definition) is 3. The van der Waals surface area contributed by atoms with Gasteiger partial charge in [-0.3, -0.25) is 9.59 Å². The van der Waals surface area contributed by atoms with Gasteiger partial charge in [-0.1, -0.05) is 6.08 Å². The van der Waals surface area contributed by atoms with Crippen LogP contribution in [-0.4, -0.2) is 35.7 Å². The van der Waals surface area contributed by atoms with Gasteiger partial charge in [-0.2, -0.15) is 0 Å². The Labute approximate surface area is 107 Å². The van der Waals surface area contributed by atoms with Crippen molar-refractivity contribution in [3.8, 4) is 0 Å². The van der Waals surface area contributed by atoms with Gasteiger partial charge in [0, 0.05) is 0 Å². The van der Waals surface area contributed by atoms with Crippen LogP contribution in [0.5, 0.6) is 0 Å². The predicted molar refractivity (Wildman–Crippen MR) is 67.8 cm³/mol. The topological polar surface area (TPSA) is 116 Å². The number of carbonyl (C=O) groups is 2. The van der Waals surface area contributed by atoms with Crippen LogP contribution in [-0.2, 0) is 14.3 Å². The minimum Gasteiger partial charge on any atom is -0.480 e. The van der Waals surface area contributed by atoms with Crippen LogP contribution in [0, 0.1) is 0 Å². The Balaban J connectivity index is 3.67. The first kappa shape index (κ1) is 16.6. The maximum Gasteiger partial charge on any atom is 0.322 e. The van der Waals surface area contributed by atoms with Gasteiger partial charge >= 0.3 is 11.9 Å². The molecule has 0 fully saturated rings. The Bertz CT molecular complexity index is 281. The first-order valence-corrected chi connectivity index (χ1v) is 6.00. The molecule has 0 aliphatic rings. The lowest BCUT2D eigenvalue weighted by atomic mass is 10.1. The molecule has 0 radical (unpaired) electrons. The zero-order chi connectivity index (χ0) is 14.0. The second-order valence-corrected chi connectivity index (χ2v) is 4.08. The number of rotatable bonds is 10. The number of ether oxygens (including phenoxy) is 1. The summed E-state index contributed by atoms with van der Waals surface area (Å²) in [6.07, 6.45) is 4.42. The van der Waals surface area contributed by atoms with Crippen LogP contribution in [0.25, 0.3) is 0 Å². The van der Waals surface area contributed by atoms with Gasteiger partial charge in [-0.05, 0) is 32.1 Å². The van der Waals surface area contributed by atoms with Crippen molar-refractivity contribution in [1.82, 2.24) is 0 Å². The zero-order valence-corrected chi connectivity index (χ0v) is 10.5. The summed E-state index contributed by atoms with van der Waals surface area (Å²) in [5.74, 6) is -1.50. The summed E-state index contributed by atoms with van der Waals surface area (Å²) in [6.45, 7) is 3.89. The summed E-state index contributed by atoms with van der Waals surface area (Å²) in [6, 6.07) is -1.62. The van der Waals surface area contributed by atoms with Crippen molar-refractivity contribution in [2.24, 2.45) is 11.5 Å². The molecule has 0 spiro atoms. The fourth-order valence-corrected chi connectivity index (χ4v) is 1.31. The lowest BCUT2D eigenvalue weighted by molar-refractivity contribution is -0.145. The van der Waals surface area contributed by atoms with E-state index in [0.717, 1.165) is 12.8 Å². The van der Waals surface area contributed by atoms with Gasteiger partial charge in [-0.15, -0.1) is 6.58 Å². The molecule has 0 aliphatic carbocycles. The highest BCUT2D eigenvalue weighted by Crippen LogP contribution is 2.04. The van der Waals surface area contributed by atoms with E-state index in [1.165, 1.54) is 0 Å². The van der Waals surface area contributed by atoms with Gasteiger partial charge in [0.25, 0.3) is 0 Å². The number of aliphatic carboxylic acids is 1. The lowest BCUT2D eigenvalue weighted by Crippen LogP contribution is -2.34. The number of carboxylic acids is 1. The smallest absolute Gasteiger partial charge is 0.322 e. The van der Waals surface area contributed by atoms with E-state index < -0.39 is 24.0 Å². The van der Waals surface area contributed by atoms with E-state index >= 15 is 0 Å². The van der Waals surface area contributed by atoms with Crippen molar-refractivity contribution >= 4 is 11.9 Å². The number of hydrogen-bond acceptors (Lipinski definition) is 5. The van der Waals surface area contributed by atoms with Gasteiger partial charge in [0.2, 0.25) is 0 Å². The first-order valence-electron chi connectivity index (χ1n) is 6.00. The van der Waals surface area contributed by atoms with Gasteiger partial charge < -0.3 is 21.3 Å². The van der Waals surface area contributed by atoms with E-state index in [2.05, 4.69) is 6.58 Å². The summed E-state index contributed by atoms with van der Waals surface area (Å²) in [5.41, 5.74) is 10.9. The van der Waals surface area contributed by atoms with E-state index in [4.69, 9.17) is 21.3 Å². The van der Waals surface area contributed by atoms with Crippen molar-refractivity contribution < 1.29 is 19.4 Å². The SMILES string of the molecule is C=CCCCOC(=O)C(N)CCC[C@H](N)C(=O)O. The largest absolute Gasteiger partial charge is 0.480 e. The molecule has 6 heteroatoms. The summed E-state index contributed by atoms with van der Waals surface area (Å²) in [7, 11) is 0. The molecular formula is C12H22N2O4. The highest BCUT2D eigenvalue weighted by Gasteiger charge is 2.16. The quantitative estimate of drug-likeness (QED) is 0.297. The number of nitrogens with two attached hydrogens (primary N) is 2. The Morgan fingerprint density at radius 1 is 1.22 bits per heavy atom. The predicted octanol–water partition coefficient (Wildman–Crippen LogP) is 0.405. The van der Waals surface area contributed by atoms with Crippen molar-refractivity contribution in [2.45, 2.75) is 44.2 Å². The van der Waals surface area contributed by atoms with E-state index in [0.29, 0.717) is 25.9 Å². The maximum absolute atomic E-state index is 11.4. The molecule has 0 aliphatic heterocycles. The summed E-state index contributed by atoms with van der Waals surface area (Å²) < 4.78 is 4.95. The number of carbonyl (C=O) groups excluding carboxylic acids is 1. The number of unbranched alkanes of at least 4 members (excludes halogenated alkanes) is 1. The third-order valence-corrected chi connectivity index (χ3v) is 2.45.